The van der Waals surface area contributed by atoms with Crippen molar-refractivity contribution in [1.82, 2.24) is 24.8 Å². The summed E-state index contributed by atoms with van der Waals surface area (Å²) in [5.74, 6) is -0.151. The number of alkyl halides is 1. The van der Waals surface area contributed by atoms with Gasteiger partial charge in [-0.15, -0.1) is 11.3 Å². The lowest BCUT2D eigenvalue weighted by Crippen LogP contribution is -2.41. The molecule has 0 saturated carbocycles. The summed E-state index contributed by atoms with van der Waals surface area (Å²) in [6.07, 6.45) is 5.70. The maximum absolute atomic E-state index is 13.8. The van der Waals surface area contributed by atoms with E-state index < -0.39 is 6.17 Å². The molecule has 1 aliphatic heterocycles. The SMILES string of the molecule is CN(C[C@@H]1C[C@H](F)CN1Cc1nccs1)C(=O)c1cncnc1. The first-order valence-electron chi connectivity index (χ1n) is 7.40. The van der Waals surface area contributed by atoms with Crippen LogP contribution in [0.15, 0.2) is 30.3 Å². The molecule has 23 heavy (non-hydrogen) atoms. The third-order valence-corrected chi connectivity index (χ3v) is 4.70. The molecule has 122 valence electrons. The lowest BCUT2D eigenvalue weighted by molar-refractivity contribution is 0.0749. The summed E-state index contributed by atoms with van der Waals surface area (Å²) in [5.41, 5.74) is 0.441. The zero-order chi connectivity index (χ0) is 16.2. The zero-order valence-corrected chi connectivity index (χ0v) is 13.6. The van der Waals surface area contributed by atoms with Gasteiger partial charge >= 0.3 is 0 Å². The molecule has 2 aromatic rings. The third-order valence-electron chi connectivity index (χ3n) is 3.94. The molecular formula is C15H18FN5OS. The van der Waals surface area contributed by atoms with Crippen molar-refractivity contribution in [2.75, 3.05) is 20.1 Å². The van der Waals surface area contributed by atoms with Gasteiger partial charge in [0.2, 0.25) is 0 Å². The van der Waals surface area contributed by atoms with E-state index in [1.807, 2.05) is 5.38 Å². The Morgan fingerprint density at radius 1 is 1.48 bits per heavy atom. The van der Waals surface area contributed by atoms with Crippen LogP contribution in [0.4, 0.5) is 4.39 Å². The third kappa shape index (κ3) is 3.89. The molecule has 3 rings (SSSR count). The summed E-state index contributed by atoms with van der Waals surface area (Å²) in [4.78, 5) is 28.0. The van der Waals surface area contributed by atoms with Crippen LogP contribution < -0.4 is 0 Å². The summed E-state index contributed by atoms with van der Waals surface area (Å²) in [5, 5.41) is 2.88. The van der Waals surface area contributed by atoms with Crippen molar-refractivity contribution in [1.29, 1.82) is 0 Å². The summed E-state index contributed by atoms with van der Waals surface area (Å²) < 4.78 is 13.8. The Kier molecular flexibility index (Phi) is 4.92. The molecule has 8 heteroatoms. The van der Waals surface area contributed by atoms with E-state index in [1.165, 1.54) is 18.7 Å². The van der Waals surface area contributed by atoms with E-state index in [0.29, 0.717) is 31.6 Å². The fraction of sp³-hybridized carbons (Fsp3) is 0.467. The number of carbonyl (C=O) groups is 1. The van der Waals surface area contributed by atoms with Crippen molar-refractivity contribution in [3.8, 4) is 0 Å². The van der Waals surface area contributed by atoms with E-state index in [-0.39, 0.29) is 11.9 Å². The zero-order valence-electron chi connectivity index (χ0n) is 12.8. The molecular weight excluding hydrogens is 317 g/mol. The standard InChI is InChI=1S/C15H18FN5OS/c1-20(15(22)11-5-17-10-18-6-11)8-13-4-12(16)7-21(13)9-14-19-2-3-23-14/h2-3,5-6,10,12-13H,4,7-9H2,1H3/t12-,13-/m0/s1. The molecule has 0 radical (unpaired) electrons. The van der Waals surface area contributed by atoms with Gasteiger partial charge in [0.1, 0.15) is 17.5 Å². The molecule has 2 aromatic heterocycles. The van der Waals surface area contributed by atoms with Gasteiger partial charge in [-0.05, 0) is 6.42 Å². The van der Waals surface area contributed by atoms with Gasteiger partial charge in [-0.25, -0.2) is 19.3 Å². The van der Waals surface area contributed by atoms with Gasteiger partial charge in [0.25, 0.3) is 5.91 Å². The Balaban J connectivity index is 1.64. The Bertz CT molecular complexity index is 639. The molecule has 0 spiro atoms. The van der Waals surface area contributed by atoms with Crippen molar-refractivity contribution in [2.24, 2.45) is 0 Å². The van der Waals surface area contributed by atoms with Crippen LogP contribution in [0.5, 0.6) is 0 Å². The summed E-state index contributed by atoms with van der Waals surface area (Å²) in [7, 11) is 1.72. The largest absolute Gasteiger partial charge is 0.340 e. The van der Waals surface area contributed by atoms with E-state index in [1.54, 1.807) is 29.5 Å². The number of carbonyl (C=O) groups excluding carboxylic acids is 1. The van der Waals surface area contributed by atoms with Crippen LogP contribution in [0.1, 0.15) is 21.8 Å². The maximum Gasteiger partial charge on any atom is 0.256 e. The molecule has 3 heterocycles. The number of rotatable bonds is 5. The monoisotopic (exact) mass is 335 g/mol. The second kappa shape index (κ2) is 7.10. The van der Waals surface area contributed by atoms with Crippen LogP contribution in [-0.4, -0.2) is 63.0 Å². The minimum absolute atomic E-state index is 0.00696. The first kappa shape index (κ1) is 15.9. The van der Waals surface area contributed by atoms with Crippen molar-refractivity contribution < 1.29 is 9.18 Å². The smallest absolute Gasteiger partial charge is 0.256 e. The number of hydrogen-bond acceptors (Lipinski definition) is 6. The molecule has 0 N–H and O–H groups in total. The van der Waals surface area contributed by atoms with Crippen LogP contribution >= 0.6 is 11.3 Å². The van der Waals surface area contributed by atoms with E-state index in [9.17, 15) is 9.18 Å². The number of halogens is 1. The highest BCUT2D eigenvalue weighted by molar-refractivity contribution is 7.09. The summed E-state index contributed by atoms with van der Waals surface area (Å²) in [6, 6.07) is -0.00696. The molecule has 0 unspecified atom stereocenters. The Morgan fingerprint density at radius 2 is 2.26 bits per heavy atom. The normalized spacial score (nSPS) is 21.5. The fourth-order valence-corrected chi connectivity index (χ4v) is 3.48. The lowest BCUT2D eigenvalue weighted by Gasteiger charge is -2.27. The predicted molar refractivity (Wildman–Crippen MR) is 84.8 cm³/mol. The number of amides is 1. The Morgan fingerprint density at radius 3 is 2.96 bits per heavy atom. The molecule has 1 saturated heterocycles. The average Bonchev–Trinajstić information content (AvgIpc) is 3.18. The highest BCUT2D eigenvalue weighted by Crippen LogP contribution is 2.24. The number of likely N-dealkylation sites (tertiary alicyclic amines) is 1. The van der Waals surface area contributed by atoms with Gasteiger partial charge in [-0.3, -0.25) is 9.69 Å². The first-order valence-corrected chi connectivity index (χ1v) is 8.28. The number of hydrogen-bond donors (Lipinski definition) is 0. The highest BCUT2D eigenvalue weighted by atomic mass is 32.1. The van der Waals surface area contributed by atoms with Gasteiger partial charge in [0, 0.05) is 50.1 Å². The van der Waals surface area contributed by atoms with Crippen LogP contribution in [-0.2, 0) is 6.54 Å². The van der Waals surface area contributed by atoms with Crippen molar-refractivity contribution in [3.63, 3.8) is 0 Å². The van der Waals surface area contributed by atoms with E-state index in [4.69, 9.17) is 0 Å². The van der Waals surface area contributed by atoms with E-state index >= 15 is 0 Å². The molecule has 0 bridgehead atoms. The molecule has 1 aliphatic rings. The van der Waals surface area contributed by atoms with E-state index in [2.05, 4.69) is 19.9 Å². The van der Waals surface area contributed by atoms with Gasteiger partial charge in [-0.1, -0.05) is 0 Å². The highest BCUT2D eigenvalue weighted by Gasteiger charge is 2.34. The predicted octanol–water partition coefficient (Wildman–Crippen LogP) is 1.62. The second-order valence-electron chi connectivity index (χ2n) is 5.65. The maximum atomic E-state index is 13.8. The molecule has 1 fully saturated rings. The van der Waals surface area contributed by atoms with Crippen molar-refractivity contribution in [3.05, 3.63) is 40.9 Å². The first-order chi connectivity index (χ1) is 11.1. The quantitative estimate of drug-likeness (QED) is 0.831. The molecule has 0 aromatic carbocycles. The number of likely N-dealkylation sites (N-methyl/N-ethyl adjacent to an activating group) is 1. The van der Waals surface area contributed by atoms with Crippen LogP contribution in [0.2, 0.25) is 0 Å². The fourth-order valence-electron chi connectivity index (χ4n) is 2.84. The van der Waals surface area contributed by atoms with Gasteiger partial charge in [0.05, 0.1) is 12.1 Å². The number of aromatic nitrogens is 3. The van der Waals surface area contributed by atoms with Gasteiger partial charge < -0.3 is 4.90 Å². The molecule has 6 nitrogen and oxygen atoms in total. The summed E-state index contributed by atoms with van der Waals surface area (Å²) >= 11 is 1.56. The van der Waals surface area contributed by atoms with Crippen LogP contribution in [0, 0.1) is 0 Å². The van der Waals surface area contributed by atoms with Gasteiger partial charge in [-0.2, -0.15) is 0 Å². The minimum atomic E-state index is -0.858. The Hall–Kier alpha value is -1.93. The van der Waals surface area contributed by atoms with Gasteiger partial charge in [0.15, 0.2) is 0 Å². The Labute approximate surface area is 138 Å². The lowest BCUT2D eigenvalue weighted by atomic mass is 10.2. The molecule has 1 amide bonds. The second-order valence-corrected chi connectivity index (χ2v) is 6.63. The minimum Gasteiger partial charge on any atom is -0.340 e. The molecule has 0 aliphatic carbocycles. The van der Waals surface area contributed by atoms with Crippen LogP contribution in [0.3, 0.4) is 0 Å². The average molecular weight is 335 g/mol. The number of thiazole rings is 1. The van der Waals surface area contributed by atoms with E-state index in [0.717, 1.165) is 5.01 Å². The number of nitrogens with zero attached hydrogens (tertiary/aromatic N) is 5. The van der Waals surface area contributed by atoms with Crippen molar-refractivity contribution >= 4 is 17.2 Å². The van der Waals surface area contributed by atoms with Crippen molar-refractivity contribution in [2.45, 2.75) is 25.2 Å². The molecule has 2 atom stereocenters. The topological polar surface area (TPSA) is 62.2 Å². The summed E-state index contributed by atoms with van der Waals surface area (Å²) in [6.45, 7) is 1.49. The van der Waals surface area contributed by atoms with Crippen LogP contribution in [0.25, 0.3) is 0 Å².